The van der Waals surface area contributed by atoms with Gasteiger partial charge < -0.3 is 0 Å². The first kappa shape index (κ1) is 14.3. The summed E-state index contributed by atoms with van der Waals surface area (Å²) in [6.45, 7) is 8.84. The maximum atomic E-state index is 5.77. The minimum atomic E-state index is -0.229. The number of hydrogen-bond acceptors (Lipinski definition) is 2. The first-order valence-corrected chi connectivity index (χ1v) is 7.68. The molecule has 0 N–H and O–H groups in total. The van der Waals surface area contributed by atoms with Gasteiger partial charge in [0.25, 0.3) is 0 Å². The normalized spacial score (nSPS) is 14.5. The number of rotatable bonds is 6. The Balaban J connectivity index is 3.81. The molecule has 0 spiro atoms. The molecule has 0 aromatic carbocycles. The van der Waals surface area contributed by atoms with E-state index in [-0.39, 0.29) is 4.84 Å². The first-order chi connectivity index (χ1) is 5.93. The highest BCUT2D eigenvalue weighted by atomic mass is 35.5. The third-order valence-electron chi connectivity index (χ3n) is 1.53. The van der Waals surface area contributed by atoms with E-state index in [0.717, 1.165) is 6.42 Å². The first-order valence-electron chi connectivity index (χ1n) is 4.53. The van der Waals surface area contributed by atoms with Crippen LogP contribution in [-0.4, -0.2) is 15.3 Å². The van der Waals surface area contributed by atoms with Crippen molar-refractivity contribution in [3.63, 3.8) is 0 Å². The zero-order valence-electron chi connectivity index (χ0n) is 8.59. The summed E-state index contributed by atoms with van der Waals surface area (Å²) in [5.74, 6) is 0.635. The second-order valence-corrected chi connectivity index (χ2v) is 8.02. The molecule has 0 nitrogen and oxygen atoms in total. The van der Waals surface area contributed by atoms with E-state index in [1.165, 1.54) is 0 Å². The van der Waals surface area contributed by atoms with Crippen molar-refractivity contribution in [2.75, 3.05) is 0 Å². The smallest absolute Gasteiger partial charge is 0.105 e. The van der Waals surface area contributed by atoms with Crippen LogP contribution in [-0.2, 0) is 0 Å². The minimum absolute atomic E-state index is 0.229. The zero-order chi connectivity index (χ0) is 10.4. The maximum Gasteiger partial charge on any atom is 0.108 e. The maximum absolute atomic E-state index is 5.77. The van der Waals surface area contributed by atoms with Crippen molar-refractivity contribution >= 4 is 44.8 Å². The predicted molar refractivity (Wildman–Crippen MR) is 69.1 cm³/mol. The second-order valence-electron chi connectivity index (χ2n) is 3.65. The molecule has 0 aromatic rings. The summed E-state index contributed by atoms with van der Waals surface area (Å²) in [7, 11) is 3.82. The summed E-state index contributed by atoms with van der Waals surface area (Å²) in [5.41, 5.74) is 0. The molecule has 1 unspecified atom stereocenters. The van der Waals surface area contributed by atoms with Crippen molar-refractivity contribution in [2.24, 2.45) is 5.92 Å². The third-order valence-corrected chi connectivity index (χ3v) is 5.59. The van der Waals surface area contributed by atoms with E-state index in [0.29, 0.717) is 16.4 Å². The lowest BCUT2D eigenvalue weighted by Crippen LogP contribution is -2.13. The zero-order valence-corrected chi connectivity index (χ0v) is 11.7. The van der Waals surface area contributed by atoms with Gasteiger partial charge in [0.1, 0.15) is 4.84 Å². The van der Waals surface area contributed by atoms with Crippen molar-refractivity contribution in [3.05, 3.63) is 0 Å². The third kappa shape index (κ3) is 8.29. The summed E-state index contributed by atoms with van der Waals surface area (Å²) in [5, 5.41) is 1.22. The van der Waals surface area contributed by atoms with Crippen LogP contribution in [0.3, 0.4) is 0 Å². The lowest BCUT2D eigenvalue weighted by molar-refractivity contribution is 0.590. The molecule has 0 saturated carbocycles. The topological polar surface area (TPSA) is 0 Å². The molecule has 0 saturated heterocycles. The van der Waals surface area contributed by atoms with Crippen molar-refractivity contribution in [2.45, 2.75) is 49.5 Å². The minimum Gasteiger partial charge on any atom is -0.105 e. The summed E-state index contributed by atoms with van der Waals surface area (Å²) < 4.78 is 0. The van der Waals surface area contributed by atoms with Crippen LogP contribution in [0.25, 0.3) is 0 Å². The van der Waals surface area contributed by atoms with Gasteiger partial charge >= 0.3 is 0 Å². The summed E-state index contributed by atoms with van der Waals surface area (Å²) in [6.07, 6.45) is 0.880. The molecule has 0 rings (SSSR count). The van der Waals surface area contributed by atoms with Crippen LogP contribution in [0, 0.1) is 5.92 Å². The highest BCUT2D eigenvalue weighted by Crippen LogP contribution is 2.37. The molecule has 0 aliphatic rings. The van der Waals surface area contributed by atoms with Gasteiger partial charge in [0.2, 0.25) is 0 Å². The van der Waals surface area contributed by atoms with E-state index in [2.05, 4.69) is 27.7 Å². The molecule has 0 heterocycles. The number of halogens is 2. The van der Waals surface area contributed by atoms with Gasteiger partial charge in [0.15, 0.2) is 0 Å². The molecule has 13 heavy (non-hydrogen) atoms. The molecule has 0 aromatic heterocycles. The Labute approximate surface area is 99.9 Å². The van der Waals surface area contributed by atoms with Crippen LogP contribution in [0.2, 0.25) is 0 Å². The number of alkyl halides is 2. The van der Waals surface area contributed by atoms with Crippen LogP contribution in [0.1, 0.15) is 34.1 Å². The summed E-state index contributed by atoms with van der Waals surface area (Å²) in [4.78, 5) is -0.229. The Morgan fingerprint density at radius 2 is 1.54 bits per heavy atom. The molecule has 0 radical (unpaired) electrons. The van der Waals surface area contributed by atoms with Crippen LogP contribution in [0.5, 0.6) is 0 Å². The molecule has 4 heteroatoms. The van der Waals surface area contributed by atoms with Crippen LogP contribution >= 0.6 is 44.8 Å². The summed E-state index contributed by atoms with van der Waals surface area (Å²) in [6, 6.07) is 0. The lowest BCUT2D eigenvalue weighted by atomic mass is 10.1. The van der Waals surface area contributed by atoms with Gasteiger partial charge in [-0.15, -0.1) is 23.2 Å². The van der Waals surface area contributed by atoms with E-state index in [1.807, 2.05) is 21.6 Å². The largest absolute Gasteiger partial charge is 0.108 e. The Hall–Kier alpha value is 1.28. The monoisotopic (exact) mass is 260 g/mol. The molecule has 0 aliphatic heterocycles. The molecule has 0 aliphatic carbocycles. The van der Waals surface area contributed by atoms with Crippen LogP contribution in [0.15, 0.2) is 0 Å². The molecule has 0 bridgehead atoms. The van der Waals surface area contributed by atoms with Gasteiger partial charge in [-0.3, -0.25) is 0 Å². The Kier molecular flexibility index (Phi) is 8.30. The fourth-order valence-corrected chi connectivity index (χ4v) is 4.23. The summed E-state index contributed by atoms with van der Waals surface area (Å²) >= 11 is 11.5. The van der Waals surface area contributed by atoms with E-state index >= 15 is 0 Å². The SMILES string of the molecule is CC(C)SSC(CC(Cl)Cl)C(C)C. The molecule has 80 valence electrons. The van der Waals surface area contributed by atoms with E-state index in [1.54, 1.807) is 0 Å². The van der Waals surface area contributed by atoms with Gasteiger partial charge in [-0.25, -0.2) is 0 Å². The average molecular weight is 261 g/mol. The Morgan fingerprint density at radius 3 is 1.85 bits per heavy atom. The van der Waals surface area contributed by atoms with Crippen molar-refractivity contribution in [1.29, 1.82) is 0 Å². The molecular formula is C9H18Cl2S2. The molecular weight excluding hydrogens is 243 g/mol. The van der Waals surface area contributed by atoms with Crippen molar-refractivity contribution in [3.8, 4) is 0 Å². The fourth-order valence-electron chi connectivity index (χ4n) is 0.781. The van der Waals surface area contributed by atoms with E-state index in [9.17, 15) is 0 Å². The van der Waals surface area contributed by atoms with Crippen molar-refractivity contribution < 1.29 is 0 Å². The van der Waals surface area contributed by atoms with Gasteiger partial charge in [0, 0.05) is 10.5 Å². The molecule has 1 atom stereocenters. The van der Waals surface area contributed by atoms with Gasteiger partial charge in [0.05, 0.1) is 0 Å². The Morgan fingerprint density at radius 1 is 1.00 bits per heavy atom. The van der Waals surface area contributed by atoms with Crippen LogP contribution < -0.4 is 0 Å². The standard InChI is InChI=1S/C9H18Cl2S2/c1-6(2)8(5-9(10)11)13-12-7(3)4/h6-9H,5H2,1-4H3. The quantitative estimate of drug-likeness (QED) is 0.487. The van der Waals surface area contributed by atoms with E-state index < -0.39 is 0 Å². The lowest BCUT2D eigenvalue weighted by Gasteiger charge is -2.20. The molecule has 0 fully saturated rings. The fraction of sp³-hybridized carbons (Fsp3) is 1.00. The van der Waals surface area contributed by atoms with Crippen LogP contribution in [0.4, 0.5) is 0 Å². The number of hydrogen-bond donors (Lipinski definition) is 0. The van der Waals surface area contributed by atoms with Gasteiger partial charge in [-0.1, -0.05) is 49.3 Å². The van der Waals surface area contributed by atoms with Crippen molar-refractivity contribution in [1.82, 2.24) is 0 Å². The molecule has 0 amide bonds. The highest BCUT2D eigenvalue weighted by Gasteiger charge is 2.18. The van der Waals surface area contributed by atoms with E-state index in [4.69, 9.17) is 23.2 Å². The average Bonchev–Trinajstić information content (AvgIpc) is 1.96. The second kappa shape index (κ2) is 7.56. The predicted octanol–water partition coefficient (Wildman–Crippen LogP) is 4.99. The Bertz CT molecular complexity index is 127. The van der Waals surface area contributed by atoms with Gasteiger partial charge in [-0.05, 0) is 12.3 Å². The van der Waals surface area contributed by atoms with Gasteiger partial charge in [-0.2, -0.15) is 0 Å². The highest BCUT2D eigenvalue weighted by molar-refractivity contribution is 8.77.